The predicted octanol–water partition coefficient (Wildman–Crippen LogP) is 2.47. The van der Waals surface area contributed by atoms with Crippen LogP contribution in [-0.2, 0) is 0 Å². The Labute approximate surface area is 118 Å². The number of aryl methyl sites for hydroxylation is 1. The number of aliphatic hydroxyl groups excluding tert-OH is 1. The van der Waals surface area contributed by atoms with Crippen molar-refractivity contribution in [1.29, 1.82) is 0 Å². The molecule has 0 aliphatic heterocycles. The third-order valence-electron chi connectivity index (χ3n) is 2.34. The quantitative estimate of drug-likeness (QED) is 0.843. The predicted molar refractivity (Wildman–Crippen MR) is 70.6 cm³/mol. The molecule has 0 radical (unpaired) electrons. The lowest BCUT2D eigenvalue weighted by Gasteiger charge is -2.15. The van der Waals surface area contributed by atoms with Crippen LogP contribution in [-0.4, -0.2) is 29.8 Å². The molecule has 1 amide bonds. The summed E-state index contributed by atoms with van der Waals surface area (Å²) in [4.78, 5) is 12.7. The van der Waals surface area contributed by atoms with Crippen LogP contribution in [0.3, 0.4) is 0 Å². The molecule has 3 nitrogen and oxygen atoms in total. The van der Waals surface area contributed by atoms with E-state index in [1.807, 2.05) is 0 Å². The average Bonchev–Trinajstić information content (AvgIpc) is 2.65. The van der Waals surface area contributed by atoms with Crippen LogP contribution >= 0.6 is 11.3 Å². The highest BCUT2D eigenvalue weighted by molar-refractivity contribution is 7.14. The monoisotopic (exact) mass is 305 g/mol. The second kappa shape index (κ2) is 6.77. The summed E-state index contributed by atoms with van der Waals surface area (Å²) in [5.41, 5.74) is 0.754. The van der Waals surface area contributed by atoms with E-state index in [-0.39, 0.29) is 6.61 Å². The van der Waals surface area contributed by atoms with E-state index in [2.05, 4.69) is 17.2 Å². The van der Waals surface area contributed by atoms with Gasteiger partial charge in [-0.2, -0.15) is 13.2 Å². The molecule has 0 spiro atoms. The fraction of sp³-hybridized carbons (Fsp3) is 0.462. The van der Waals surface area contributed by atoms with Gasteiger partial charge >= 0.3 is 6.18 Å². The first-order chi connectivity index (χ1) is 9.23. The summed E-state index contributed by atoms with van der Waals surface area (Å²) >= 11 is 1.09. The van der Waals surface area contributed by atoms with Crippen LogP contribution in [0.5, 0.6) is 0 Å². The van der Waals surface area contributed by atoms with Gasteiger partial charge in [0.25, 0.3) is 5.91 Å². The Balaban J connectivity index is 2.73. The maximum Gasteiger partial charge on any atom is 0.391 e. The number of rotatable bonds is 3. The minimum Gasteiger partial charge on any atom is -0.384 e. The van der Waals surface area contributed by atoms with Crippen molar-refractivity contribution < 1.29 is 23.1 Å². The fourth-order valence-electron chi connectivity index (χ4n) is 1.53. The van der Waals surface area contributed by atoms with E-state index < -0.39 is 24.5 Å². The summed E-state index contributed by atoms with van der Waals surface area (Å²) in [6, 6.07) is 0.582. The van der Waals surface area contributed by atoms with E-state index in [1.54, 1.807) is 13.0 Å². The van der Waals surface area contributed by atoms with Gasteiger partial charge < -0.3 is 10.4 Å². The van der Waals surface area contributed by atoms with Gasteiger partial charge in [-0.25, -0.2) is 0 Å². The van der Waals surface area contributed by atoms with E-state index >= 15 is 0 Å². The van der Waals surface area contributed by atoms with Gasteiger partial charge in [-0.1, -0.05) is 11.8 Å². The summed E-state index contributed by atoms with van der Waals surface area (Å²) in [6.07, 6.45) is -5.38. The van der Waals surface area contributed by atoms with Crippen molar-refractivity contribution in [3.8, 4) is 11.8 Å². The number of amides is 1. The molecule has 1 aromatic rings. The van der Waals surface area contributed by atoms with Crippen LogP contribution in [0.25, 0.3) is 0 Å². The molecule has 0 fully saturated rings. The molecule has 0 aliphatic rings. The molecular weight excluding hydrogens is 291 g/mol. The lowest BCUT2D eigenvalue weighted by Crippen LogP contribution is -2.35. The second-order valence-electron chi connectivity index (χ2n) is 4.28. The van der Waals surface area contributed by atoms with Crippen molar-refractivity contribution in [2.24, 2.45) is 0 Å². The Kier molecular flexibility index (Phi) is 5.60. The van der Waals surface area contributed by atoms with Gasteiger partial charge in [0.15, 0.2) is 0 Å². The van der Waals surface area contributed by atoms with Gasteiger partial charge in [0, 0.05) is 6.04 Å². The highest BCUT2D eigenvalue weighted by atomic mass is 32.1. The number of nitrogens with one attached hydrogen (secondary N) is 1. The molecule has 110 valence electrons. The Morgan fingerprint density at radius 3 is 2.75 bits per heavy atom. The third-order valence-corrected chi connectivity index (χ3v) is 3.49. The van der Waals surface area contributed by atoms with Crippen molar-refractivity contribution >= 4 is 17.2 Å². The van der Waals surface area contributed by atoms with Gasteiger partial charge in [0.1, 0.15) is 6.61 Å². The van der Waals surface area contributed by atoms with Crippen molar-refractivity contribution in [2.75, 3.05) is 6.61 Å². The van der Waals surface area contributed by atoms with Crippen LogP contribution in [0, 0.1) is 18.8 Å². The average molecular weight is 305 g/mol. The number of hydrogen-bond donors (Lipinski definition) is 2. The Morgan fingerprint density at radius 2 is 2.20 bits per heavy atom. The van der Waals surface area contributed by atoms with Gasteiger partial charge in [-0.05, 0) is 25.5 Å². The first-order valence-electron chi connectivity index (χ1n) is 5.80. The molecule has 0 saturated heterocycles. The third kappa shape index (κ3) is 5.23. The number of alkyl halides is 3. The molecule has 1 aromatic heterocycles. The van der Waals surface area contributed by atoms with Crippen LogP contribution < -0.4 is 5.32 Å². The highest BCUT2D eigenvalue weighted by Gasteiger charge is 2.30. The first-order valence-corrected chi connectivity index (χ1v) is 6.62. The molecule has 7 heteroatoms. The van der Waals surface area contributed by atoms with Gasteiger partial charge in [0.05, 0.1) is 16.2 Å². The van der Waals surface area contributed by atoms with Crippen LogP contribution in [0.15, 0.2) is 6.07 Å². The minimum atomic E-state index is -4.31. The molecule has 0 aromatic carbocycles. The molecule has 20 heavy (non-hydrogen) atoms. The number of hydrogen-bond acceptors (Lipinski definition) is 3. The first kappa shape index (κ1) is 16.5. The molecule has 0 aliphatic carbocycles. The summed E-state index contributed by atoms with van der Waals surface area (Å²) in [6.45, 7) is 2.76. The maximum atomic E-state index is 12.2. The van der Waals surface area contributed by atoms with Crippen molar-refractivity contribution in [3.63, 3.8) is 0 Å². The zero-order valence-electron chi connectivity index (χ0n) is 11.0. The van der Waals surface area contributed by atoms with Crippen LogP contribution in [0.1, 0.15) is 33.5 Å². The van der Waals surface area contributed by atoms with Crippen molar-refractivity contribution in [1.82, 2.24) is 5.32 Å². The molecule has 1 unspecified atom stereocenters. The van der Waals surface area contributed by atoms with Crippen LogP contribution in [0.2, 0.25) is 0 Å². The Bertz CT molecular complexity index is 540. The smallest absolute Gasteiger partial charge is 0.384 e. The molecule has 1 heterocycles. The largest absolute Gasteiger partial charge is 0.391 e. The zero-order chi connectivity index (χ0) is 15.3. The Hall–Kier alpha value is -1.52. The van der Waals surface area contributed by atoms with Gasteiger partial charge in [-0.3, -0.25) is 4.79 Å². The molecule has 0 saturated carbocycles. The molecular formula is C13H14F3NO2S. The zero-order valence-corrected chi connectivity index (χ0v) is 11.8. The number of carbonyl (C=O) groups is 1. The van der Waals surface area contributed by atoms with Gasteiger partial charge in [-0.15, -0.1) is 11.3 Å². The van der Waals surface area contributed by atoms with Crippen molar-refractivity contribution in [3.05, 3.63) is 21.4 Å². The second-order valence-corrected chi connectivity index (χ2v) is 5.33. The molecule has 0 bridgehead atoms. The fourth-order valence-corrected chi connectivity index (χ4v) is 2.48. The standard InChI is InChI=1S/C13H14F3NO2S/c1-8-6-11(20-10(8)4-3-5-18)12(19)17-9(2)7-13(14,15)16/h6,9,18H,5,7H2,1-2H3,(H,17,19). The van der Waals surface area contributed by atoms with E-state index in [0.29, 0.717) is 9.75 Å². The normalized spacial score (nSPS) is 12.5. The molecule has 2 N–H and O–H groups in total. The lowest BCUT2D eigenvalue weighted by molar-refractivity contribution is -0.138. The summed E-state index contributed by atoms with van der Waals surface area (Å²) in [5, 5.41) is 10.9. The summed E-state index contributed by atoms with van der Waals surface area (Å²) in [7, 11) is 0. The maximum absolute atomic E-state index is 12.2. The van der Waals surface area contributed by atoms with E-state index in [1.165, 1.54) is 6.92 Å². The highest BCUT2D eigenvalue weighted by Crippen LogP contribution is 2.23. The topological polar surface area (TPSA) is 49.3 Å². The SMILES string of the molecule is Cc1cc(C(=O)NC(C)CC(F)(F)F)sc1C#CCO. The summed E-state index contributed by atoms with van der Waals surface area (Å²) < 4.78 is 36.5. The lowest BCUT2D eigenvalue weighted by atomic mass is 10.2. The van der Waals surface area contributed by atoms with E-state index in [9.17, 15) is 18.0 Å². The van der Waals surface area contributed by atoms with Gasteiger partial charge in [0.2, 0.25) is 0 Å². The van der Waals surface area contributed by atoms with E-state index in [0.717, 1.165) is 16.9 Å². The minimum absolute atomic E-state index is 0.290. The van der Waals surface area contributed by atoms with Crippen LogP contribution in [0.4, 0.5) is 13.2 Å². The number of halogens is 3. The van der Waals surface area contributed by atoms with E-state index in [4.69, 9.17) is 5.11 Å². The number of carbonyl (C=O) groups excluding carboxylic acids is 1. The molecule has 1 atom stereocenters. The summed E-state index contributed by atoms with van der Waals surface area (Å²) in [5.74, 6) is 4.60. The molecule has 1 rings (SSSR count). The van der Waals surface area contributed by atoms with Crippen molar-refractivity contribution in [2.45, 2.75) is 32.5 Å². The number of thiophene rings is 1. The number of aliphatic hydroxyl groups is 1. The Morgan fingerprint density at radius 1 is 1.55 bits per heavy atom.